The van der Waals surface area contributed by atoms with Crippen LogP contribution in [0.5, 0.6) is 11.5 Å². The molecule has 2 aliphatic rings. The summed E-state index contributed by atoms with van der Waals surface area (Å²) in [5.41, 5.74) is -0.383. The van der Waals surface area contributed by atoms with Crippen molar-refractivity contribution in [3.8, 4) is 11.5 Å². The number of carbonyl (C=O) groups is 3. The zero-order valence-electron chi connectivity index (χ0n) is 14.8. The number of hydrogen-bond acceptors (Lipinski definition) is 5. The van der Waals surface area contributed by atoms with E-state index in [9.17, 15) is 14.4 Å². The van der Waals surface area contributed by atoms with Crippen LogP contribution in [0.3, 0.4) is 0 Å². The van der Waals surface area contributed by atoms with Gasteiger partial charge in [0.25, 0.3) is 5.91 Å². The number of imide groups is 1. The Bertz CT molecular complexity index is 995. The highest BCUT2D eigenvalue weighted by Gasteiger charge is 2.49. The number of carbonyl (C=O) groups excluding carboxylic acids is 3. The van der Waals surface area contributed by atoms with Crippen molar-refractivity contribution in [1.29, 1.82) is 0 Å². The molecule has 4 rings (SSSR count). The van der Waals surface area contributed by atoms with E-state index in [-0.39, 0.29) is 6.79 Å². The van der Waals surface area contributed by atoms with E-state index in [4.69, 9.17) is 21.1 Å². The van der Waals surface area contributed by atoms with E-state index in [1.807, 2.05) is 0 Å². The summed E-state index contributed by atoms with van der Waals surface area (Å²) in [6, 6.07) is 11.0. The van der Waals surface area contributed by atoms with Gasteiger partial charge in [0.1, 0.15) is 12.1 Å². The van der Waals surface area contributed by atoms with Crippen molar-refractivity contribution < 1.29 is 23.9 Å². The van der Waals surface area contributed by atoms with Crippen molar-refractivity contribution in [3.05, 3.63) is 53.1 Å². The van der Waals surface area contributed by atoms with E-state index in [2.05, 4.69) is 10.6 Å². The van der Waals surface area contributed by atoms with Gasteiger partial charge in [0.2, 0.25) is 12.7 Å². The molecular formula is C19H16ClN3O5. The van der Waals surface area contributed by atoms with Gasteiger partial charge in [0.05, 0.1) is 10.7 Å². The number of amides is 4. The minimum atomic E-state index is -1.32. The summed E-state index contributed by atoms with van der Waals surface area (Å²) in [7, 11) is 0. The molecule has 0 aliphatic carbocycles. The monoisotopic (exact) mass is 401 g/mol. The maximum Gasteiger partial charge on any atom is 0.325 e. The minimum absolute atomic E-state index is 0.101. The molecule has 28 heavy (non-hydrogen) atoms. The molecule has 0 unspecified atom stereocenters. The predicted octanol–water partition coefficient (Wildman–Crippen LogP) is 2.47. The topological polar surface area (TPSA) is 97.0 Å². The standard InChI is InChI=1S/C19H16ClN3O5/c1-19(11-6-7-14-15(8-11)28-10-27-14)17(25)23(18(26)22-19)9-16(24)21-13-5-3-2-4-12(13)20/h2-8H,9-10H2,1H3,(H,21,24)(H,22,26)/t19-/m1/s1. The van der Waals surface area contributed by atoms with Crippen LogP contribution in [0.25, 0.3) is 0 Å². The fourth-order valence-electron chi connectivity index (χ4n) is 3.14. The lowest BCUT2D eigenvalue weighted by Crippen LogP contribution is -2.42. The van der Waals surface area contributed by atoms with Gasteiger partial charge in [-0.25, -0.2) is 4.79 Å². The lowest BCUT2D eigenvalue weighted by atomic mass is 9.91. The molecule has 144 valence electrons. The molecule has 0 spiro atoms. The van der Waals surface area contributed by atoms with Gasteiger partial charge in [-0.15, -0.1) is 0 Å². The molecule has 2 N–H and O–H groups in total. The van der Waals surface area contributed by atoms with Crippen LogP contribution in [0.1, 0.15) is 12.5 Å². The highest BCUT2D eigenvalue weighted by molar-refractivity contribution is 6.33. The van der Waals surface area contributed by atoms with Gasteiger partial charge in [0.15, 0.2) is 11.5 Å². The van der Waals surface area contributed by atoms with E-state index in [0.717, 1.165) is 4.90 Å². The normalized spacial score (nSPS) is 20.3. The van der Waals surface area contributed by atoms with Gasteiger partial charge < -0.3 is 20.1 Å². The van der Waals surface area contributed by atoms with E-state index in [1.54, 1.807) is 49.4 Å². The lowest BCUT2D eigenvalue weighted by molar-refractivity contribution is -0.133. The molecule has 2 aromatic carbocycles. The van der Waals surface area contributed by atoms with E-state index < -0.39 is 29.9 Å². The second kappa shape index (κ2) is 6.72. The van der Waals surface area contributed by atoms with E-state index in [0.29, 0.717) is 27.8 Å². The molecule has 0 aromatic heterocycles. The summed E-state index contributed by atoms with van der Waals surface area (Å²) in [4.78, 5) is 38.6. The van der Waals surface area contributed by atoms with Crippen LogP contribution in [0.2, 0.25) is 5.02 Å². The quantitative estimate of drug-likeness (QED) is 0.767. The number of hydrogen-bond donors (Lipinski definition) is 2. The number of nitrogens with zero attached hydrogens (tertiary/aromatic N) is 1. The maximum absolute atomic E-state index is 13.0. The summed E-state index contributed by atoms with van der Waals surface area (Å²) >= 11 is 6.02. The SMILES string of the molecule is C[C@]1(c2ccc3c(c2)OCO3)NC(=O)N(CC(=O)Nc2ccccc2Cl)C1=O. The van der Waals surface area contributed by atoms with Crippen LogP contribution >= 0.6 is 11.6 Å². The van der Waals surface area contributed by atoms with Crippen LogP contribution in [0.15, 0.2) is 42.5 Å². The van der Waals surface area contributed by atoms with E-state index >= 15 is 0 Å². The van der Waals surface area contributed by atoms with E-state index in [1.165, 1.54) is 0 Å². The second-order valence-corrected chi connectivity index (χ2v) is 6.95. The molecule has 2 heterocycles. The third-order valence-electron chi connectivity index (χ3n) is 4.67. The Labute approximate surface area is 165 Å². The molecule has 8 nitrogen and oxygen atoms in total. The van der Waals surface area contributed by atoms with Crippen LogP contribution < -0.4 is 20.1 Å². The Kier molecular flexibility index (Phi) is 4.35. The Hall–Kier alpha value is -3.26. The minimum Gasteiger partial charge on any atom is -0.454 e. The Morgan fingerprint density at radius 2 is 1.96 bits per heavy atom. The summed E-state index contributed by atoms with van der Waals surface area (Å²) in [5, 5.41) is 5.61. The average Bonchev–Trinajstić information content (AvgIpc) is 3.22. The summed E-state index contributed by atoms with van der Waals surface area (Å²) in [6.07, 6.45) is 0. The highest BCUT2D eigenvalue weighted by Crippen LogP contribution is 2.37. The molecule has 0 saturated carbocycles. The lowest BCUT2D eigenvalue weighted by Gasteiger charge is -2.22. The Morgan fingerprint density at radius 1 is 1.21 bits per heavy atom. The zero-order valence-corrected chi connectivity index (χ0v) is 15.6. The maximum atomic E-state index is 13.0. The van der Waals surface area contributed by atoms with Gasteiger partial charge in [-0.1, -0.05) is 29.8 Å². The van der Waals surface area contributed by atoms with Crippen molar-refractivity contribution in [2.24, 2.45) is 0 Å². The molecule has 0 radical (unpaired) electrons. The number of fused-ring (bicyclic) bond motifs is 1. The fourth-order valence-corrected chi connectivity index (χ4v) is 3.32. The molecule has 2 aliphatic heterocycles. The van der Waals surface area contributed by atoms with Crippen molar-refractivity contribution in [2.45, 2.75) is 12.5 Å². The molecule has 1 fully saturated rings. The highest BCUT2D eigenvalue weighted by atomic mass is 35.5. The first-order valence-corrected chi connectivity index (χ1v) is 8.85. The second-order valence-electron chi connectivity index (χ2n) is 6.54. The first kappa shape index (κ1) is 18.1. The molecule has 4 amide bonds. The van der Waals surface area contributed by atoms with Crippen LogP contribution in [0.4, 0.5) is 10.5 Å². The third kappa shape index (κ3) is 3.01. The summed E-state index contributed by atoms with van der Waals surface area (Å²) in [6.45, 7) is 1.25. The van der Waals surface area contributed by atoms with Crippen LogP contribution in [-0.4, -0.2) is 36.1 Å². The molecule has 1 atom stereocenters. The molecular weight excluding hydrogens is 386 g/mol. The molecule has 0 bridgehead atoms. The predicted molar refractivity (Wildman–Crippen MR) is 100 cm³/mol. The van der Waals surface area contributed by atoms with Gasteiger partial charge in [0, 0.05) is 0 Å². The van der Waals surface area contributed by atoms with Gasteiger partial charge in [-0.2, -0.15) is 0 Å². The number of rotatable bonds is 4. The Balaban J connectivity index is 1.52. The summed E-state index contributed by atoms with van der Waals surface area (Å²) < 4.78 is 10.6. The molecule has 9 heteroatoms. The number of para-hydroxylation sites is 1. The van der Waals surface area contributed by atoms with Gasteiger partial charge in [-0.05, 0) is 36.8 Å². The number of ether oxygens (including phenoxy) is 2. The number of halogens is 1. The van der Waals surface area contributed by atoms with Crippen LogP contribution in [-0.2, 0) is 15.1 Å². The molecule has 2 aromatic rings. The number of anilines is 1. The average molecular weight is 402 g/mol. The number of urea groups is 1. The van der Waals surface area contributed by atoms with Crippen LogP contribution in [0, 0.1) is 0 Å². The van der Waals surface area contributed by atoms with Crippen molar-refractivity contribution in [1.82, 2.24) is 10.2 Å². The Morgan fingerprint density at radius 3 is 2.75 bits per heavy atom. The van der Waals surface area contributed by atoms with Crippen molar-refractivity contribution in [2.75, 3.05) is 18.7 Å². The molecule has 1 saturated heterocycles. The number of nitrogens with one attached hydrogen (secondary N) is 2. The largest absolute Gasteiger partial charge is 0.454 e. The smallest absolute Gasteiger partial charge is 0.325 e. The first-order valence-electron chi connectivity index (χ1n) is 8.47. The van der Waals surface area contributed by atoms with Gasteiger partial charge in [-0.3, -0.25) is 14.5 Å². The third-order valence-corrected chi connectivity index (χ3v) is 5.00. The zero-order chi connectivity index (χ0) is 19.9. The van der Waals surface area contributed by atoms with Gasteiger partial charge >= 0.3 is 6.03 Å². The van der Waals surface area contributed by atoms with Crippen molar-refractivity contribution in [3.63, 3.8) is 0 Å². The number of benzene rings is 2. The first-order chi connectivity index (χ1) is 13.4. The fraction of sp³-hybridized carbons (Fsp3) is 0.211. The van der Waals surface area contributed by atoms with Crippen molar-refractivity contribution >= 4 is 35.1 Å². The summed E-state index contributed by atoms with van der Waals surface area (Å²) in [5.74, 6) is -0.00649.